The zero-order valence-corrected chi connectivity index (χ0v) is 11.9. The highest BCUT2D eigenvalue weighted by Crippen LogP contribution is 2.29. The minimum atomic E-state index is -0.0309. The van der Waals surface area contributed by atoms with E-state index in [0.29, 0.717) is 27.1 Å². The summed E-state index contributed by atoms with van der Waals surface area (Å²) in [5, 5.41) is 3.85. The van der Waals surface area contributed by atoms with E-state index in [9.17, 15) is 4.79 Å². The smallest absolute Gasteiger partial charge is 0.161 e. The fourth-order valence-electron chi connectivity index (χ4n) is 1.44. The number of benzene rings is 1. The van der Waals surface area contributed by atoms with E-state index < -0.39 is 0 Å². The van der Waals surface area contributed by atoms with Crippen molar-refractivity contribution in [2.45, 2.75) is 13.5 Å². The van der Waals surface area contributed by atoms with Gasteiger partial charge in [-0.2, -0.15) is 0 Å². The van der Waals surface area contributed by atoms with E-state index >= 15 is 0 Å². The quantitative estimate of drug-likeness (QED) is 0.794. The Kier molecular flexibility index (Phi) is 4.34. The van der Waals surface area contributed by atoms with Crippen molar-refractivity contribution in [3.05, 3.63) is 33.8 Å². The van der Waals surface area contributed by atoms with Crippen molar-refractivity contribution in [2.24, 2.45) is 0 Å². The first-order valence-corrected chi connectivity index (χ1v) is 6.55. The Morgan fingerprint density at radius 3 is 2.79 bits per heavy atom. The van der Waals surface area contributed by atoms with Gasteiger partial charge in [-0.05, 0) is 25.1 Å². The number of nitrogens with zero attached hydrogens (tertiary/aromatic N) is 2. The number of hydrogen-bond acceptors (Lipinski definition) is 6. The van der Waals surface area contributed by atoms with Crippen molar-refractivity contribution in [1.29, 1.82) is 0 Å². The predicted molar refractivity (Wildman–Crippen MR) is 72.2 cm³/mol. The molecule has 1 aromatic carbocycles. The maximum atomic E-state index is 11.3. The average molecular weight is 299 g/mol. The van der Waals surface area contributed by atoms with Gasteiger partial charge >= 0.3 is 0 Å². The zero-order valence-electron chi connectivity index (χ0n) is 10.3. The first-order valence-electron chi connectivity index (χ1n) is 5.40. The van der Waals surface area contributed by atoms with E-state index in [1.54, 1.807) is 18.2 Å². The average Bonchev–Trinajstić information content (AvgIpc) is 2.81. The molecule has 0 bridgehead atoms. The molecule has 2 rings (SSSR count). The maximum Gasteiger partial charge on any atom is 0.161 e. The molecule has 0 N–H and O–H groups in total. The highest BCUT2D eigenvalue weighted by atomic mass is 35.5. The normalized spacial score (nSPS) is 10.3. The molecule has 0 aliphatic carbocycles. The van der Waals surface area contributed by atoms with Crippen LogP contribution in [0.2, 0.25) is 4.34 Å². The summed E-state index contributed by atoms with van der Waals surface area (Å²) in [5.74, 6) is 0.986. The number of ether oxygens (including phenoxy) is 2. The molecule has 1 aromatic heterocycles. The van der Waals surface area contributed by atoms with Crippen molar-refractivity contribution in [3.63, 3.8) is 0 Å². The second-order valence-corrected chi connectivity index (χ2v) is 5.06. The molecule has 100 valence electrons. The monoisotopic (exact) mass is 298 g/mol. The lowest BCUT2D eigenvalue weighted by Gasteiger charge is -2.10. The number of rotatable bonds is 5. The lowest BCUT2D eigenvalue weighted by Crippen LogP contribution is -2.00. The van der Waals surface area contributed by atoms with Gasteiger partial charge in [0.1, 0.15) is 16.6 Å². The van der Waals surface area contributed by atoms with Gasteiger partial charge in [0.2, 0.25) is 0 Å². The summed E-state index contributed by atoms with van der Waals surface area (Å²) in [7, 11) is 1.52. The summed E-state index contributed by atoms with van der Waals surface area (Å²) in [6.07, 6.45) is 0. The second kappa shape index (κ2) is 5.99. The Hall–Kier alpha value is -1.66. The molecule has 0 atom stereocenters. The molecule has 1 heterocycles. The van der Waals surface area contributed by atoms with Crippen molar-refractivity contribution in [2.75, 3.05) is 7.11 Å². The molecule has 5 nitrogen and oxygen atoms in total. The third-order valence-electron chi connectivity index (χ3n) is 2.44. The van der Waals surface area contributed by atoms with E-state index in [1.807, 2.05) is 0 Å². The molecular weight excluding hydrogens is 288 g/mol. The number of halogens is 1. The summed E-state index contributed by atoms with van der Waals surface area (Å²) in [4.78, 5) is 11.3. The van der Waals surface area contributed by atoms with Crippen molar-refractivity contribution < 1.29 is 14.3 Å². The van der Waals surface area contributed by atoms with Crippen LogP contribution in [-0.4, -0.2) is 22.5 Å². The molecular formula is C12H11ClN2O3S. The van der Waals surface area contributed by atoms with Crippen LogP contribution < -0.4 is 9.47 Å². The van der Waals surface area contributed by atoms with E-state index in [-0.39, 0.29) is 12.4 Å². The van der Waals surface area contributed by atoms with E-state index in [1.165, 1.54) is 14.0 Å². The standard InChI is InChI=1S/C12H11ClN2O3S/c1-7(16)8-3-4-10(11(5-8)17-2)18-6-9-12(13)19-15-14-9/h3-5H,6H2,1-2H3. The largest absolute Gasteiger partial charge is 0.493 e. The van der Waals surface area contributed by atoms with E-state index in [2.05, 4.69) is 9.59 Å². The molecule has 0 saturated carbocycles. The Morgan fingerprint density at radius 1 is 1.42 bits per heavy atom. The second-order valence-electron chi connectivity index (χ2n) is 3.70. The number of methoxy groups -OCH3 is 1. The molecule has 2 aromatic rings. The summed E-state index contributed by atoms with van der Waals surface area (Å²) < 4.78 is 15.0. The van der Waals surface area contributed by atoms with Gasteiger partial charge < -0.3 is 9.47 Å². The molecule has 0 spiro atoms. The van der Waals surface area contributed by atoms with Gasteiger partial charge in [0.05, 0.1) is 7.11 Å². The minimum absolute atomic E-state index is 0.0309. The molecule has 0 unspecified atom stereocenters. The van der Waals surface area contributed by atoms with Gasteiger partial charge in [-0.3, -0.25) is 4.79 Å². The first-order chi connectivity index (χ1) is 9.11. The van der Waals surface area contributed by atoms with Crippen LogP contribution in [0.4, 0.5) is 0 Å². The van der Waals surface area contributed by atoms with Gasteiger partial charge in [0.25, 0.3) is 0 Å². The number of carbonyl (C=O) groups is 1. The van der Waals surface area contributed by atoms with Crippen LogP contribution >= 0.6 is 23.1 Å². The van der Waals surface area contributed by atoms with Crippen LogP contribution in [0.15, 0.2) is 18.2 Å². The molecule has 0 amide bonds. The van der Waals surface area contributed by atoms with E-state index in [4.69, 9.17) is 21.1 Å². The third kappa shape index (κ3) is 3.21. The SMILES string of the molecule is COc1cc(C(C)=O)ccc1OCc1nnsc1Cl. The topological polar surface area (TPSA) is 61.3 Å². The minimum Gasteiger partial charge on any atom is -0.493 e. The Morgan fingerprint density at radius 2 is 2.21 bits per heavy atom. The van der Waals surface area contributed by atoms with Crippen LogP contribution in [0.25, 0.3) is 0 Å². The maximum absolute atomic E-state index is 11.3. The number of aromatic nitrogens is 2. The number of ketones is 1. The molecule has 0 aliphatic heterocycles. The lowest BCUT2D eigenvalue weighted by molar-refractivity contribution is 0.101. The van der Waals surface area contributed by atoms with Crippen LogP contribution in [0.3, 0.4) is 0 Å². The van der Waals surface area contributed by atoms with Crippen LogP contribution in [0.5, 0.6) is 11.5 Å². The van der Waals surface area contributed by atoms with Gasteiger partial charge in [-0.25, -0.2) is 0 Å². The third-order valence-corrected chi connectivity index (χ3v) is 3.43. The number of carbonyl (C=O) groups excluding carboxylic acids is 1. The fourth-order valence-corrected chi connectivity index (χ4v) is 2.04. The van der Waals surface area contributed by atoms with Gasteiger partial charge in [0.15, 0.2) is 17.3 Å². The summed E-state index contributed by atoms with van der Waals surface area (Å²) in [6, 6.07) is 5.00. The van der Waals surface area contributed by atoms with Crippen LogP contribution in [0.1, 0.15) is 23.0 Å². The molecule has 0 radical (unpaired) electrons. The lowest BCUT2D eigenvalue weighted by atomic mass is 10.1. The zero-order chi connectivity index (χ0) is 13.8. The van der Waals surface area contributed by atoms with E-state index in [0.717, 1.165) is 11.5 Å². The Bertz CT molecular complexity index is 600. The first kappa shape index (κ1) is 13.8. The number of hydrogen-bond donors (Lipinski definition) is 0. The van der Waals surface area contributed by atoms with Gasteiger partial charge in [-0.15, -0.1) is 5.10 Å². The molecule has 0 aliphatic rings. The van der Waals surface area contributed by atoms with Gasteiger partial charge in [0, 0.05) is 17.1 Å². The van der Waals surface area contributed by atoms with Crippen LogP contribution in [0, 0.1) is 0 Å². The Balaban J connectivity index is 2.16. The number of Topliss-reactive ketones (excluding diaryl/α,β-unsaturated/α-hetero) is 1. The van der Waals surface area contributed by atoms with Crippen molar-refractivity contribution in [1.82, 2.24) is 9.59 Å². The van der Waals surface area contributed by atoms with Crippen molar-refractivity contribution in [3.8, 4) is 11.5 Å². The highest BCUT2D eigenvalue weighted by molar-refractivity contribution is 7.10. The highest BCUT2D eigenvalue weighted by Gasteiger charge is 2.11. The fraction of sp³-hybridized carbons (Fsp3) is 0.250. The molecule has 7 heteroatoms. The summed E-state index contributed by atoms with van der Waals surface area (Å²) in [5.41, 5.74) is 1.14. The summed E-state index contributed by atoms with van der Waals surface area (Å²) in [6.45, 7) is 1.70. The summed E-state index contributed by atoms with van der Waals surface area (Å²) >= 11 is 6.99. The van der Waals surface area contributed by atoms with Gasteiger partial charge in [-0.1, -0.05) is 16.1 Å². The Labute approximate surface area is 119 Å². The predicted octanol–water partition coefficient (Wildman–Crippen LogP) is 2.98. The molecule has 19 heavy (non-hydrogen) atoms. The van der Waals surface area contributed by atoms with Crippen LogP contribution in [-0.2, 0) is 6.61 Å². The molecule has 0 saturated heterocycles. The van der Waals surface area contributed by atoms with Crippen molar-refractivity contribution >= 4 is 28.9 Å². The molecule has 0 fully saturated rings.